The Morgan fingerprint density at radius 3 is 2.30 bits per heavy atom. The Kier molecular flexibility index (Phi) is 6.85. The number of piperidine rings is 1. The average molecular weight is 468 g/mol. The first-order valence-electron chi connectivity index (χ1n) is 12.8. The van der Waals surface area contributed by atoms with Gasteiger partial charge in [-0.15, -0.1) is 11.3 Å². The molecule has 2 aromatic rings. The van der Waals surface area contributed by atoms with Crippen molar-refractivity contribution in [2.75, 3.05) is 40.3 Å². The molecule has 0 unspecified atom stereocenters. The van der Waals surface area contributed by atoms with Crippen molar-refractivity contribution in [1.82, 2.24) is 14.8 Å². The lowest BCUT2D eigenvalue weighted by Crippen LogP contribution is -2.43. The second-order valence-corrected chi connectivity index (χ2v) is 13.9. The highest BCUT2D eigenvalue weighted by Gasteiger charge is 2.37. The summed E-state index contributed by atoms with van der Waals surface area (Å²) in [5.41, 5.74) is 6.37. The van der Waals surface area contributed by atoms with Crippen LogP contribution >= 0.6 is 11.3 Å². The van der Waals surface area contributed by atoms with Gasteiger partial charge in [0.05, 0.1) is 10.7 Å². The number of fused-ring (bicyclic) bond motifs is 1. The lowest BCUT2D eigenvalue weighted by molar-refractivity contribution is 0.121. The zero-order chi connectivity index (χ0) is 24.0. The minimum atomic E-state index is 0.243. The highest BCUT2D eigenvalue weighted by molar-refractivity contribution is 7.10. The van der Waals surface area contributed by atoms with Crippen molar-refractivity contribution >= 4 is 11.3 Å². The molecule has 0 amide bonds. The van der Waals surface area contributed by atoms with Gasteiger partial charge in [-0.1, -0.05) is 53.7 Å². The maximum Gasteiger partial charge on any atom is 0.0964 e. The standard InChI is InChI=1S/C29H45N3S/c1-27(2,19-31(7)8)20-32-15-11-21(12-16-32)26-30-25(18-33-26)22-9-10-23-24(17-22)29(5,6)14-13-28(23,3)4/h9-10,17-18,21H,11-16,19-20H2,1-8H3. The minimum Gasteiger partial charge on any atom is -0.309 e. The van der Waals surface area contributed by atoms with Gasteiger partial charge in [-0.05, 0) is 86.3 Å². The van der Waals surface area contributed by atoms with Crippen molar-refractivity contribution in [2.45, 2.75) is 84.0 Å². The molecular formula is C29H45N3S. The number of hydrogen-bond donors (Lipinski definition) is 0. The number of likely N-dealkylation sites (tertiary alicyclic amines) is 1. The van der Waals surface area contributed by atoms with Gasteiger partial charge in [0.2, 0.25) is 0 Å². The average Bonchev–Trinajstić information content (AvgIpc) is 3.21. The second kappa shape index (κ2) is 9.09. The summed E-state index contributed by atoms with van der Waals surface area (Å²) in [4.78, 5) is 10.2. The van der Waals surface area contributed by atoms with Gasteiger partial charge in [-0.3, -0.25) is 0 Å². The zero-order valence-electron chi connectivity index (χ0n) is 22.3. The normalized spacial score (nSPS) is 21.4. The van der Waals surface area contributed by atoms with E-state index in [0.29, 0.717) is 11.3 Å². The van der Waals surface area contributed by atoms with Crippen LogP contribution in [0.3, 0.4) is 0 Å². The molecule has 2 aliphatic rings. The molecule has 182 valence electrons. The maximum absolute atomic E-state index is 5.17. The van der Waals surface area contributed by atoms with Gasteiger partial charge in [0, 0.05) is 30.0 Å². The van der Waals surface area contributed by atoms with E-state index in [1.54, 1.807) is 0 Å². The summed E-state index contributed by atoms with van der Waals surface area (Å²) in [5.74, 6) is 0.616. The molecule has 0 saturated carbocycles. The first-order chi connectivity index (χ1) is 15.4. The van der Waals surface area contributed by atoms with E-state index in [-0.39, 0.29) is 10.8 Å². The first kappa shape index (κ1) is 24.9. The Hall–Kier alpha value is -1.23. The zero-order valence-corrected chi connectivity index (χ0v) is 23.1. The Morgan fingerprint density at radius 2 is 1.67 bits per heavy atom. The van der Waals surface area contributed by atoms with Gasteiger partial charge in [0.15, 0.2) is 0 Å². The summed E-state index contributed by atoms with van der Waals surface area (Å²) < 4.78 is 0. The smallest absolute Gasteiger partial charge is 0.0964 e. The van der Waals surface area contributed by atoms with E-state index in [2.05, 4.69) is 89.0 Å². The van der Waals surface area contributed by atoms with Crippen molar-refractivity contribution in [3.63, 3.8) is 0 Å². The van der Waals surface area contributed by atoms with Gasteiger partial charge < -0.3 is 9.80 Å². The summed E-state index contributed by atoms with van der Waals surface area (Å²) in [7, 11) is 4.36. The third-order valence-electron chi connectivity index (χ3n) is 8.00. The number of thiazole rings is 1. The molecule has 1 aliphatic carbocycles. The highest BCUT2D eigenvalue weighted by atomic mass is 32.1. The molecule has 0 radical (unpaired) electrons. The molecular weight excluding hydrogens is 422 g/mol. The monoisotopic (exact) mass is 467 g/mol. The van der Waals surface area contributed by atoms with E-state index in [1.807, 2.05) is 11.3 Å². The number of hydrogen-bond acceptors (Lipinski definition) is 4. The molecule has 0 bridgehead atoms. The van der Waals surface area contributed by atoms with Gasteiger partial charge in [0.25, 0.3) is 0 Å². The van der Waals surface area contributed by atoms with E-state index in [4.69, 9.17) is 4.98 Å². The quantitative estimate of drug-likeness (QED) is 0.459. The van der Waals surface area contributed by atoms with Crippen LogP contribution in [0.5, 0.6) is 0 Å². The molecule has 1 aromatic carbocycles. The number of benzene rings is 1. The van der Waals surface area contributed by atoms with Gasteiger partial charge in [0.1, 0.15) is 0 Å². The Balaban J connectivity index is 1.44. The molecule has 0 N–H and O–H groups in total. The van der Waals surface area contributed by atoms with Crippen molar-refractivity contribution in [2.24, 2.45) is 5.41 Å². The van der Waals surface area contributed by atoms with E-state index < -0.39 is 0 Å². The summed E-state index contributed by atoms with van der Waals surface area (Å²) >= 11 is 1.87. The summed E-state index contributed by atoms with van der Waals surface area (Å²) in [5, 5.41) is 3.64. The lowest BCUT2D eigenvalue weighted by Gasteiger charge is -2.42. The van der Waals surface area contributed by atoms with Gasteiger partial charge >= 0.3 is 0 Å². The van der Waals surface area contributed by atoms with Gasteiger partial charge in [-0.25, -0.2) is 4.98 Å². The van der Waals surface area contributed by atoms with Crippen LogP contribution in [-0.4, -0.2) is 55.1 Å². The Bertz CT molecular complexity index is 961. The second-order valence-electron chi connectivity index (χ2n) is 13.1. The molecule has 0 atom stereocenters. The predicted octanol–water partition coefficient (Wildman–Crippen LogP) is 6.93. The van der Waals surface area contributed by atoms with Crippen molar-refractivity contribution in [3.05, 3.63) is 39.7 Å². The fourth-order valence-electron chi connectivity index (χ4n) is 6.21. The molecule has 3 nitrogen and oxygen atoms in total. The van der Waals surface area contributed by atoms with Crippen molar-refractivity contribution in [3.8, 4) is 11.3 Å². The van der Waals surface area contributed by atoms with Crippen LogP contribution in [-0.2, 0) is 10.8 Å². The van der Waals surface area contributed by atoms with E-state index >= 15 is 0 Å². The molecule has 1 fully saturated rings. The Labute approximate surface area is 206 Å². The molecule has 4 heteroatoms. The maximum atomic E-state index is 5.17. The molecule has 1 aromatic heterocycles. The van der Waals surface area contributed by atoms with Crippen LogP contribution in [0.4, 0.5) is 0 Å². The number of nitrogens with zero attached hydrogens (tertiary/aromatic N) is 3. The van der Waals surface area contributed by atoms with Crippen LogP contribution in [0.25, 0.3) is 11.3 Å². The van der Waals surface area contributed by atoms with E-state index in [0.717, 1.165) is 6.54 Å². The molecule has 33 heavy (non-hydrogen) atoms. The third kappa shape index (κ3) is 5.55. The van der Waals surface area contributed by atoms with Crippen LogP contribution in [0, 0.1) is 5.41 Å². The highest BCUT2D eigenvalue weighted by Crippen LogP contribution is 2.47. The van der Waals surface area contributed by atoms with Gasteiger partial charge in [-0.2, -0.15) is 0 Å². The summed E-state index contributed by atoms with van der Waals surface area (Å²) in [6.07, 6.45) is 4.98. The molecule has 1 aliphatic heterocycles. The third-order valence-corrected chi connectivity index (χ3v) is 9.01. The van der Waals surface area contributed by atoms with Crippen LogP contribution in [0.15, 0.2) is 23.6 Å². The van der Waals surface area contributed by atoms with E-state index in [9.17, 15) is 0 Å². The minimum absolute atomic E-state index is 0.243. The van der Waals surface area contributed by atoms with Crippen LogP contribution < -0.4 is 0 Å². The number of rotatable bonds is 6. The van der Waals surface area contributed by atoms with Crippen molar-refractivity contribution < 1.29 is 0 Å². The topological polar surface area (TPSA) is 19.4 Å². The molecule has 0 spiro atoms. The van der Waals surface area contributed by atoms with Crippen molar-refractivity contribution in [1.29, 1.82) is 0 Å². The molecule has 2 heterocycles. The molecule has 1 saturated heterocycles. The molecule has 4 rings (SSSR count). The SMILES string of the molecule is CN(C)CC(C)(C)CN1CCC(c2nc(-c3ccc4c(c3)C(C)(C)CCC4(C)C)cs2)CC1. The fourth-order valence-corrected chi connectivity index (χ4v) is 7.21. The fraction of sp³-hybridized carbons (Fsp3) is 0.690. The van der Waals surface area contributed by atoms with E-state index in [1.165, 1.54) is 72.7 Å². The largest absolute Gasteiger partial charge is 0.309 e. The van der Waals surface area contributed by atoms with Crippen LogP contribution in [0.1, 0.15) is 89.3 Å². The summed E-state index contributed by atoms with van der Waals surface area (Å²) in [6, 6.07) is 7.15. The lowest BCUT2D eigenvalue weighted by atomic mass is 9.63. The first-order valence-corrected chi connectivity index (χ1v) is 13.7. The number of aromatic nitrogens is 1. The predicted molar refractivity (Wildman–Crippen MR) is 144 cm³/mol. The summed E-state index contributed by atoms with van der Waals surface area (Å²) in [6.45, 7) is 19.1. The Morgan fingerprint density at radius 1 is 1.03 bits per heavy atom. The van der Waals surface area contributed by atoms with Crippen LogP contribution in [0.2, 0.25) is 0 Å².